The summed E-state index contributed by atoms with van der Waals surface area (Å²) in [5.74, 6) is 0.0266. The summed E-state index contributed by atoms with van der Waals surface area (Å²) >= 11 is 11.8. The van der Waals surface area contributed by atoms with Crippen molar-refractivity contribution in [3.8, 4) is 11.5 Å². The molecule has 0 spiro atoms. The first-order valence-electron chi connectivity index (χ1n) is 8.85. The van der Waals surface area contributed by atoms with Crippen LogP contribution in [0.5, 0.6) is 11.5 Å². The molecule has 1 atom stereocenters. The van der Waals surface area contributed by atoms with Crippen LogP contribution in [0.25, 0.3) is 0 Å². The van der Waals surface area contributed by atoms with E-state index in [0.29, 0.717) is 28.7 Å². The average Bonchev–Trinajstić information content (AvgIpc) is 2.68. The van der Waals surface area contributed by atoms with E-state index in [1.807, 2.05) is 0 Å². The monoisotopic (exact) mass is 424 g/mol. The topological polar surface area (TPSA) is 76.7 Å². The lowest BCUT2D eigenvalue weighted by molar-refractivity contribution is -0.128. The molecule has 28 heavy (non-hydrogen) atoms. The Morgan fingerprint density at radius 3 is 2.43 bits per heavy atom. The van der Waals surface area contributed by atoms with Crippen molar-refractivity contribution in [1.29, 1.82) is 0 Å². The number of amides is 2. The molecule has 0 aliphatic rings. The zero-order chi connectivity index (χ0) is 20.5. The van der Waals surface area contributed by atoms with Gasteiger partial charge in [0, 0.05) is 10.6 Å². The van der Waals surface area contributed by atoms with Gasteiger partial charge in [0.1, 0.15) is 11.5 Å². The highest BCUT2D eigenvalue weighted by Crippen LogP contribution is 2.28. The second kappa shape index (κ2) is 10.8. The summed E-state index contributed by atoms with van der Waals surface area (Å²) in [4.78, 5) is 24.3. The lowest BCUT2D eigenvalue weighted by Crippen LogP contribution is -2.47. The van der Waals surface area contributed by atoms with Crippen molar-refractivity contribution in [2.45, 2.75) is 32.8 Å². The van der Waals surface area contributed by atoms with Gasteiger partial charge < -0.3 is 9.47 Å². The fourth-order valence-corrected chi connectivity index (χ4v) is 2.60. The molecule has 2 aromatic rings. The number of hydrogen-bond donors (Lipinski definition) is 2. The number of carbonyl (C=O) groups is 2. The van der Waals surface area contributed by atoms with Gasteiger partial charge >= 0.3 is 0 Å². The van der Waals surface area contributed by atoms with Crippen LogP contribution >= 0.6 is 23.2 Å². The van der Waals surface area contributed by atoms with Crippen molar-refractivity contribution < 1.29 is 19.1 Å². The predicted octanol–water partition coefficient (Wildman–Crippen LogP) is 4.40. The summed E-state index contributed by atoms with van der Waals surface area (Å²) in [6.45, 7) is 4.25. The molecule has 0 aliphatic heterocycles. The molecule has 6 nitrogen and oxygen atoms in total. The summed E-state index contributed by atoms with van der Waals surface area (Å²) in [7, 11) is 0. The molecular weight excluding hydrogens is 403 g/mol. The van der Waals surface area contributed by atoms with E-state index in [9.17, 15) is 9.59 Å². The third kappa shape index (κ3) is 6.62. The molecule has 0 saturated carbocycles. The van der Waals surface area contributed by atoms with E-state index in [4.69, 9.17) is 32.7 Å². The van der Waals surface area contributed by atoms with E-state index < -0.39 is 17.9 Å². The van der Waals surface area contributed by atoms with Crippen LogP contribution in [0.2, 0.25) is 10.0 Å². The second-order valence-electron chi connectivity index (χ2n) is 6.00. The van der Waals surface area contributed by atoms with Crippen molar-refractivity contribution in [3.63, 3.8) is 0 Å². The van der Waals surface area contributed by atoms with Gasteiger partial charge in [-0.25, -0.2) is 0 Å². The van der Waals surface area contributed by atoms with Crippen LogP contribution in [0, 0.1) is 0 Å². The van der Waals surface area contributed by atoms with E-state index in [1.54, 1.807) is 36.4 Å². The van der Waals surface area contributed by atoms with Crippen LogP contribution in [0.1, 0.15) is 37.0 Å². The van der Waals surface area contributed by atoms with E-state index in [0.717, 1.165) is 12.8 Å². The van der Waals surface area contributed by atoms with Gasteiger partial charge in [-0.2, -0.15) is 0 Å². The highest BCUT2D eigenvalue weighted by atomic mass is 35.5. The number of benzene rings is 2. The number of halogens is 2. The molecule has 0 bridgehead atoms. The number of ether oxygens (including phenoxy) is 2. The van der Waals surface area contributed by atoms with Crippen molar-refractivity contribution in [3.05, 3.63) is 58.1 Å². The maximum absolute atomic E-state index is 12.2. The number of carbonyl (C=O) groups excluding carboxylic acids is 2. The smallest absolute Gasteiger partial charge is 0.279 e. The molecule has 2 N–H and O–H groups in total. The molecule has 0 radical (unpaired) electrons. The molecule has 0 saturated heterocycles. The molecule has 0 aromatic heterocycles. The maximum atomic E-state index is 12.2. The molecular formula is C20H22Cl2N2O4. The van der Waals surface area contributed by atoms with Crippen LogP contribution in [-0.4, -0.2) is 24.5 Å². The summed E-state index contributed by atoms with van der Waals surface area (Å²) in [6.07, 6.45) is 1.13. The van der Waals surface area contributed by atoms with Gasteiger partial charge in [0.25, 0.3) is 11.8 Å². The first-order chi connectivity index (χ1) is 13.4. The fraction of sp³-hybridized carbons (Fsp3) is 0.300. The first-order valence-corrected chi connectivity index (χ1v) is 9.61. The molecule has 8 heteroatoms. The number of rotatable bonds is 8. The molecule has 2 rings (SSSR count). The van der Waals surface area contributed by atoms with E-state index in [1.165, 1.54) is 13.0 Å². The maximum Gasteiger partial charge on any atom is 0.279 e. The van der Waals surface area contributed by atoms with Crippen LogP contribution in [0.4, 0.5) is 0 Å². The Labute approximate surface area is 174 Å². The highest BCUT2D eigenvalue weighted by Gasteiger charge is 2.17. The van der Waals surface area contributed by atoms with Crippen LogP contribution in [-0.2, 0) is 4.79 Å². The predicted molar refractivity (Wildman–Crippen MR) is 109 cm³/mol. The summed E-state index contributed by atoms with van der Waals surface area (Å²) in [5, 5.41) is 0.751. The Hall–Kier alpha value is -2.44. The van der Waals surface area contributed by atoms with Crippen molar-refractivity contribution >= 4 is 35.0 Å². The molecule has 2 aromatic carbocycles. The minimum absolute atomic E-state index is 0.289. The molecule has 1 unspecified atom stereocenters. The Kier molecular flexibility index (Phi) is 8.42. The van der Waals surface area contributed by atoms with Gasteiger partial charge in [-0.3, -0.25) is 20.4 Å². The van der Waals surface area contributed by atoms with Gasteiger partial charge in [-0.1, -0.05) is 36.5 Å². The van der Waals surface area contributed by atoms with E-state index in [-0.39, 0.29) is 5.02 Å². The Balaban J connectivity index is 1.83. The number of hydrazine groups is 1. The third-order valence-electron chi connectivity index (χ3n) is 3.75. The standard InChI is InChI=1S/C20H22Cl2N2O4/c1-3-4-11-27-16-8-5-14(6-9-16)20(26)24-23-19(25)13(2)28-18-10-7-15(21)12-17(18)22/h5-10,12-13H,3-4,11H2,1-2H3,(H,23,25)(H,24,26). The third-order valence-corrected chi connectivity index (χ3v) is 4.28. The number of hydrogen-bond acceptors (Lipinski definition) is 4. The lowest BCUT2D eigenvalue weighted by Gasteiger charge is -2.16. The number of nitrogens with one attached hydrogen (secondary N) is 2. The van der Waals surface area contributed by atoms with Gasteiger partial charge in [-0.15, -0.1) is 0 Å². The summed E-state index contributed by atoms with van der Waals surface area (Å²) < 4.78 is 11.0. The Bertz CT molecular complexity index is 812. The van der Waals surface area contributed by atoms with Crippen molar-refractivity contribution in [2.24, 2.45) is 0 Å². The zero-order valence-electron chi connectivity index (χ0n) is 15.6. The second-order valence-corrected chi connectivity index (χ2v) is 6.85. The minimum Gasteiger partial charge on any atom is -0.494 e. The SMILES string of the molecule is CCCCOc1ccc(C(=O)NNC(=O)C(C)Oc2ccc(Cl)cc2Cl)cc1. The number of unbranched alkanes of at least 4 members (excludes halogenated alkanes) is 1. The van der Waals surface area contributed by atoms with Gasteiger partial charge in [-0.05, 0) is 55.8 Å². The van der Waals surface area contributed by atoms with Crippen molar-refractivity contribution in [1.82, 2.24) is 10.9 Å². The molecule has 150 valence electrons. The normalized spacial score (nSPS) is 11.4. The lowest BCUT2D eigenvalue weighted by atomic mass is 10.2. The van der Waals surface area contributed by atoms with Gasteiger partial charge in [0.15, 0.2) is 6.10 Å². The zero-order valence-corrected chi connectivity index (χ0v) is 17.1. The minimum atomic E-state index is -0.881. The summed E-state index contributed by atoms with van der Waals surface area (Å²) in [6, 6.07) is 11.3. The van der Waals surface area contributed by atoms with Gasteiger partial charge in [0.2, 0.25) is 0 Å². The average molecular weight is 425 g/mol. The van der Waals surface area contributed by atoms with Gasteiger partial charge in [0.05, 0.1) is 11.6 Å². The van der Waals surface area contributed by atoms with Crippen LogP contribution in [0.15, 0.2) is 42.5 Å². The molecule has 0 heterocycles. The van der Waals surface area contributed by atoms with Crippen molar-refractivity contribution in [2.75, 3.05) is 6.61 Å². The molecule has 0 fully saturated rings. The Morgan fingerprint density at radius 1 is 1.07 bits per heavy atom. The van der Waals surface area contributed by atoms with Crippen LogP contribution in [0.3, 0.4) is 0 Å². The molecule has 0 aliphatic carbocycles. The van der Waals surface area contributed by atoms with E-state index in [2.05, 4.69) is 17.8 Å². The molecule has 2 amide bonds. The van der Waals surface area contributed by atoms with E-state index >= 15 is 0 Å². The van der Waals surface area contributed by atoms with Crippen LogP contribution < -0.4 is 20.3 Å². The quantitative estimate of drug-likeness (QED) is 0.486. The fourth-order valence-electron chi connectivity index (χ4n) is 2.14. The Morgan fingerprint density at radius 2 is 1.79 bits per heavy atom. The largest absolute Gasteiger partial charge is 0.494 e. The highest BCUT2D eigenvalue weighted by molar-refractivity contribution is 6.35. The first kappa shape index (κ1) is 21.9. The summed E-state index contributed by atoms with van der Waals surface area (Å²) in [5.41, 5.74) is 5.06.